The molecule has 4 rings (SSSR count). The summed E-state index contributed by atoms with van der Waals surface area (Å²) in [4.78, 5) is 9.76. The third-order valence-corrected chi connectivity index (χ3v) is 5.92. The Morgan fingerprint density at radius 3 is 2.53 bits per heavy atom. The molecule has 3 N–H and O–H groups in total. The highest BCUT2D eigenvalue weighted by atomic mass is 35.5. The van der Waals surface area contributed by atoms with Gasteiger partial charge in [0.25, 0.3) is 0 Å². The molecule has 1 aliphatic carbocycles. The van der Waals surface area contributed by atoms with E-state index in [9.17, 15) is 0 Å². The lowest BCUT2D eigenvalue weighted by atomic mass is 9.83. The van der Waals surface area contributed by atoms with Crippen LogP contribution >= 0.6 is 11.6 Å². The van der Waals surface area contributed by atoms with Crippen LogP contribution in [0, 0.1) is 0 Å². The number of nitrogens with one attached hydrogen (secondary N) is 1. The SMILES string of the molecule is CCOc1ccc2nc(/C=C\c3ccc(Cl)cc3)nc(C3CCC(NN)CC3)c2c1. The van der Waals surface area contributed by atoms with E-state index < -0.39 is 0 Å². The summed E-state index contributed by atoms with van der Waals surface area (Å²) in [6, 6.07) is 14.2. The van der Waals surface area contributed by atoms with Gasteiger partial charge in [0.05, 0.1) is 17.8 Å². The van der Waals surface area contributed by atoms with Crippen molar-refractivity contribution in [3.63, 3.8) is 0 Å². The second kappa shape index (κ2) is 9.56. The number of benzene rings is 2. The average Bonchev–Trinajstić information content (AvgIpc) is 2.78. The van der Waals surface area contributed by atoms with Gasteiger partial charge in [0.1, 0.15) is 5.75 Å². The molecule has 156 valence electrons. The fraction of sp³-hybridized carbons (Fsp3) is 0.333. The monoisotopic (exact) mass is 422 g/mol. The molecule has 0 unspecified atom stereocenters. The van der Waals surface area contributed by atoms with E-state index in [1.54, 1.807) is 0 Å². The number of ether oxygens (including phenoxy) is 1. The molecule has 1 aliphatic rings. The van der Waals surface area contributed by atoms with Gasteiger partial charge in [-0.3, -0.25) is 11.3 Å². The van der Waals surface area contributed by atoms with Crippen LogP contribution in [0.4, 0.5) is 0 Å². The maximum atomic E-state index is 5.99. The van der Waals surface area contributed by atoms with Crippen LogP contribution in [0.2, 0.25) is 5.02 Å². The Balaban J connectivity index is 1.71. The van der Waals surface area contributed by atoms with E-state index in [1.807, 2.05) is 55.5 Å². The number of halogens is 1. The number of fused-ring (bicyclic) bond motifs is 1. The Kier molecular flexibility index (Phi) is 6.62. The summed E-state index contributed by atoms with van der Waals surface area (Å²) in [6.07, 6.45) is 8.20. The Bertz CT molecular complexity index is 1030. The summed E-state index contributed by atoms with van der Waals surface area (Å²) >= 11 is 5.99. The first-order valence-corrected chi connectivity index (χ1v) is 10.9. The van der Waals surface area contributed by atoms with Gasteiger partial charge in [0, 0.05) is 22.4 Å². The maximum Gasteiger partial charge on any atom is 0.152 e. The molecule has 0 radical (unpaired) electrons. The molecule has 0 saturated heterocycles. The number of aromatic nitrogens is 2. The predicted molar refractivity (Wildman–Crippen MR) is 123 cm³/mol. The van der Waals surface area contributed by atoms with Crippen molar-refractivity contribution >= 4 is 34.7 Å². The summed E-state index contributed by atoms with van der Waals surface area (Å²) in [6.45, 7) is 2.63. The van der Waals surface area contributed by atoms with Crippen LogP contribution in [0.5, 0.6) is 5.75 Å². The topological polar surface area (TPSA) is 73.1 Å². The summed E-state index contributed by atoms with van der Waals surface area (Å²) in [5.41, 5.74) is 6.03. The molecule has 1 heterocycles. The Morgan fingerprint density at radius 2 is 1.83 bits per heavy atom. The lowest BCUT2D eigenvalue weighted by Crippen LogP contribution is -2.37. The first-order chi connectivity index (χ1) is 14.7. The summed E-state index contributed by atoms with van der Waals surface area (Å²) in [7, 11) is 0. The minimum atomic E-state index is 0.387. The Hall–Kier alpha value is -2.47. The second-order valence-corrected chi connectivity index (χ2v) is 8.12. The van der Waals surface area contributed by atoms with Gasteiger partial charge in [0.15, 0.2) is 5.82 Å². The molecule has 2 aromatic carbocycles. The van der Waals surface area contributed by atoms with E-state index in [2.05, 4.69) is 11.5 Å². The number of hydrogen-bond acceptors (Lipinski definition) is 5. The molecule has 1 saturated carbocycles. The van der Waals surface area contributed by atoms with Crippen molar-refractivity contribution in [1.29, 1.82) is 0 Å². The van der Waals surface area contributed by atoms with Gasteiger partial charge < -0.3 is 4.74 Å². The zero-order valence-corrected chi connectivity index (χ0v) is 17.9. The van der Waals surface area contributed by atoms with Crippen molar-refractivity contribution < 1.29 is 4.74 Å². The summed E-state index contributed by atoms with van der Waals surface area (Å²) < 4.78 is 5.73. The largest absolute Gasteiger partial charge is 0.494 e. The summed E-state index contributed by atoms with van der Waals surface area (Å²) in [5, 5.41) is 1.80. The van der Waals surface area contributed by atoms with Crippen molar-refractivity contribution in [2.45, 2.75) is 44.6 Å². The quantitative estimate of drug-likeness (QED) is 0.414. The van der Waals surface area contributed by atoms with Crippen LogP contribution in [0.25, 0.3) is 23.1 Å². The number of nitrogens with two attached hydrogens (primary N) is 1. The Morgan fingerprint density at radius 1 is 1.07 bits per heavy atom. The van der Waals surface area contributed by atoms with E-state index >= 15 is 0 Å². The molecule has 5 nitrogen and oxygen atoms in total. The molecular weight excluding hydrogens is 396 g/mol. The van der Waals surface area contributed by atoms with E-state index in [4.69, 9.17) is 32.1 Å². The molecule has 3 aromatic rings. The lowest BCUT2D eigenvalue weighted by Gasteiger charge is -2.28. The van der Waals surface area contributed by atoms with E-state index in [1.165, 1.54) is 0 Å². The van der Waals surface area contributed by atoms with Crippen LogP contribution in [-0.2, 0) is 0 Å². The third-order valence-electron chi connectivity index (χ3n) is 5.67. The second-order valence-electron chi connectivity index (χ2n) is 7.68. The van der Waals surface area contributed by atoms with Crippen LogP contribution in [0.1, 0.15) is 55.6 Å². The van der Waals surface area contributed by atoms with E-state index in [0.717, 1.165) is 64.4 Å². The number of hydrazine groups is 1. The van der Waals surface area contributed by atoms with Crippen LogP contribution in [-0.4, -0.2) is 22.6 Å². The minimum Gasteiger partial charge on any atom is -0.494 e. The standard InChI is InChI=1S/C24H27ClN4O/c1-2-30-20-12-13-22-21(15-20)24(17-6-10-19(29-26)11-7-17)28-23(27-22)14-5-16-3-8-18(25)9-4-16/h3-5,8-9,12-15,17,19,29H,2,6-7,10-11,26H2,1H3/b14-5-. The molecule has 0 atom stereocenters. The zero-order chi connectivity index (χ0) is 20.9. The number of rotatable bonds is 6. The van der Waals surface area contributed by atoms with Crippen molar-refractivity contribution in [3.05, 3.63) is 64.6 Å². The molecule has 1 fully saturated rings. The molecule has 0 spiro atoms. The highest BCUT2D eigenvalue weighted by Gasteiger charge is 2.25. The average molecular weight is 423 g/mol. The molecule has 0 bridgehead atoms. The zero-order valence-electron chi connectivity index (χ0n) is 17.1. The maximum absolute atomic E-state index is 5.99. The van der Waals surface area contributed by atoms with Crippen molar-refractivity contribution in [2.75, 3.05) is 6.61 Å². The molecule has 6 heteroatoms. The van der Waals surface area contributed by atoms with Crippen molar-refractivity contribution in [3.8, 4) is 5.75 Å². The molecular formula is C24H27ClN4O. The van der Waals surface area contributed by atoms with Crippen LogP contribution in [0.15, 0.2) is 42.5 Å². The van der Waals surface area contributed by atoms with Crippen molar-refractivity contribution in [2.24, 2.45) is 5.84 Å². The smallest absolute Gasteiger partial charge is 0.152 e. The molecule has 1 aromatic heterocycles. The fourth-order valence-electron chi connectivity index (χ4n) is 4.07. The van der Waals surface area contributed by atoms with Crippen LogP contribution < -0.4 is 16.0 Å². The number of hydrogen-bond donors (Lipinski definition) is 2. The lowest BCUT2D eigenvalue weighted by molar-refractivity contribution is 0.339. The van der Waals surface area contributed by atoms with Gasteiger partial charge in [0.2, 0.25) is 0 Å². The van der Waals surface area contributed by atoms with Gasteiger partial charge in [-0.25, -0.2) is 9.97 Å². The first kappa shape index (κ1) is 20.8. The van der Waals surface area contributed by atoms with E-state index in [-0.39, 0.29) is 0 Å². The predicted octanol–water partition coefficient (Wildman–Crippen LogP) is 5.34. The highest BCUT2D eigenvalue weighted by molar-refractivity contribution is 6.30. The fourth-order valence-corrected chi connectivity index (χ4v) is 4.20. The third kappa shape index (κ3) is 4.81. The van der Waals surface area contributed by atoms with Gasteiger partial charge in [-0.05, 0) is 74.6 Å². The van der Waals surface area contributed by atoms with Crippen molar-refractivity contribution in [1.82, 2.24) is 15.4 Å². The van der Waals surface area contributed by atoms with Gasteiger partial charge in [-0.15, -0.1) is 0 Å². The van der Waals surface area contributed by atoms with Gasteiger partial charge in [-0.2, -0.15) is 0 Å². The number of nitrogens with zero attached hydrogens (tertiary/aromatic N) is 2. The van der Waals surface area contributed by atoms with E-state index in [0.29, 0.717) is 18.6 Å². The molecule has 0 aliphatic heterocycles. The van der Waals surface area contributed by atoms with Gasteiger partial charge in [-0.1, -0.05) is 29.8 Å². The summed E-state index contributed by atoms with van der Waals surface area (Å²) in [5.74, 6) is 7.61. The first-order valence-electron chi connectivity index (χ1n) is 10.5. The van der Waals surface area contributed by atoms with Crippen LogP contribution in [0.3, 0.4) is 0 Å². The normalized spacial score (nSPS) is 19.4. The minimum absolute atomic E-state index is 0.387. The van der Waals surface area contributed by atoms with Gasteiger partial charge >= 0.3 is 0 Å². The highest BCUT2D eigenvalue weighted by Crippen LogP contribution is 2.36. The Labute approximate surface area is 182 Å². The molecule has 0 amide bonds. The molecule has 30 heavy (non-hydrogen) atoms.